The highest BCUT2D eigenvalue weighted by atomic mass is 16.5. The van der Waals surface area contributed by atoms with E-state index in [1.807, 2.05) is 6.92 Å². The van der Waals surface area contributed by atoms with Gasteiger partial charge >= 0.3 is 11.9 Å². The molecular weight excluding hydrogens is 390 g/mol. The van der Waals surface area contributed by atoms with E-state index in [0.717, 1.165) is 0 Å². The van der Waals surface area contributed by atoms with E-state index in [9.17, 15) is 14.4 Å². The summed E-state index contributed by atoms with van der Waals surface area (Å²) in [4.78, 5) is 39.9. The summed E-state index contributed by atoms with van der Waals surface area (Å²) in [7, 11) is 1.53. The Labute approximate surface area is 175 Å². The van der Waals surface area contributed by atoms with Crippen molar-refractivity contribution >= 4 is 17.7 Å². The van der Waals surface area contributed by atoms with E-state index in [0.29, 0.717) is 34.7 Å². The molecule has 0 radical (unpaired) electrons. The van der Waals surface area contributed by atoms with Gasteiger partial charge in [-0.3, -0.25) is 4.79 Å². The maximum absolute atomic E-state index is 12.6. The summed E-state index contributed by atoms with van der Waals surface area (Å²) >= 11 is 0. The van der Waals surface area contributed by atoms with E-state index in [1.165, 1.54) is 7.11 Å². The fraction of sp³-hybridized carbons (Fsp3) is 0.409. The number of H-pyrrole nitrogens is 1. The topological polar surface area (TPSA) is 104 Å². The summed E-state index contributed by atoms with van der Waals surface area (Å²) in [6, 6.07) is 4.82. The predicted molar refractivity (Wildman–Crippen MR) is 109 cm³/mol. The summed E-state index contributed by atoms with van der Waals surface area (Å²) in [5.74, 6) is -0.988. The molecule has 1 N–H and O–H groups in total. The minimum atomic E-state index is -0.643. The van der Waals surface area contributed by atoms with Gasteiger partial charge in [0, 0.05) is 17.9 Å². The molecule has 0 atom stereocenters. The Kier molecular flexibility index (Phi) is 8.17. The molecular formula is C22H27NO7. The van der Waals surface area contributed by atoms with E-state index in [4.69, 9.17) is 18.9 Å². The minimum absolute atomic E-state index is 0.218. The van der Waals surface area contributed by atoms with Crippen LogP contribution in [0.4, 0.5) is 0 Å². The van der Waals surface area contributed by atoms with Crippen LogP contribution in [0.25, 0.3) is 0 Å². The highest BCUT2D eigenvalue weighted by Gasteiger charge is 2.23. The number of carbonyl (C=O) groups excluding carboxylic acids is 3. The van der Waals surface area contributed by atoms with Gasteiger partial charge in [-0.05, 0) is 51.5 Å². The Balaban J connectivity index is 2.10. The third-order valence-electron chi connectivity index (χ3n) is 4.51. The Morgan fingerprint density at radius 2 is 1.73 bits per heavy atom. The first-order chi connectivity index (χ1) is 14.3. The number of esters is 2. The van der Waals surface area contributed by atoms with E-state index in [-0.39, 0.29) is 24.5 Å². The predicted octanol–water partition coefficient (Wildman–Crippen LogP) is 3.39. The van der Waals surface area contributed by atoms with Crippen LogP contribution in [-0.4, -0.2) is 49.6 Å². The molecule has 0 aliphatic rings. The van der Waals surface area contributed by atoms with Gasteiger partial charge in [0.15, 0.2) is 6.61 Å². The molecule has 8 heteroatoms. The van der Waals surface area contributed by atoms with Gasteiger partial charge < -0.3 is 23.9 Å². The Morgan fingerprint density at radius 1 is 1.00 bits per heavy atom. The number of ether oxygens (including phenoxy) is 4. The number of hydrogen-bond donors (Lipinski definition) is 1. The van der Waals surface area contributed by atoms with Crippen LogP contribution in [0.3, 0.4) is 0 Å². The Bertz CT molecular complexity index is 930. The zero-order chi connectivity index (χ0) is 22.3. The van der Waals surface area contributed by atoms with Gasteiger partial charge in [0.05, 0.1) is 37.1 Å². The quantitative estimate of drug-likeness (QED) is 0.467. The molecule has 1 heterocycles. The minimum Gasteiger partial charge on any atom is -0.496 e. The van der Waals surface area contributed by atoms with Crippen molar-refractivity contribution in [3.05, 3.63) is 51.8 Å². The molecule has 0 amide bonds. The molecule has 0 aliphatic carbocycles. The number of aromatic nitrogens is 1. The maximum atomic E-state index is 12.6. The van der Waals surface area contributed by atoms with Crippen molar-refractivity contribution in [3.8, 4) is 5.75 Å². The van der Waals surface area contributed by atoms with Crippen molar-refractivity contribution in [2.75, 3.05) is 26.9 Å². The van der Waals surface area contributed by atoms with Crippen LogP contribution >= 0.6 is 0 Å². The van der Waals surface area contributed by atoms with Gasteiger partial charge in [-0.25, -0.2) is 9.59 Å². The number of methoxy groups -OCH3 is 1. The standard InChI is InChI=1S/C22H27NO7/c1-6-28-11-16-10-15(8-9-18(16)27-5)21(25)30-12-17(24)20-13(3)19(14(4)23-20)22(26)29-7-2/h8-10,23H,6-7,11-12H2,1-5H3. The molecule has 2 rings (SSSR count). The van der Waals surface area contributed by atoms with Gasteiger partial charge in [-0.15, -0.1) is 0 Å². The molecule has 1 aromatic carbocycles. The molecule has 162 valence electrons. The van der Waals surface area contributed by atoms with E-state index < -0.39 is 24.3 Å². The molecule has 1 aromatic heterocycles. The van der Waals surface area contributed by atoms with Crippen molar-refractivity contribution in [2.24, 2.45) is 0 Å². The zero-order valence-electron chi connectivity index (χ0n) is 17.9. The van der Waals surface area contributed by atoms with E-state index >= 15 is 0 Å². The number of Topliss-reactive ketones (excluding diaryl/α,β-unsaturated/α-hetero) is 1. The summed E-state index contributed by atoms with van der Waals surface area (Å²) < 4.78 is 20.9. The molecule has 8 nitrogen and oxygen atoms in total. The number of aromatic amines is 1. The lowest BCUT2D eigenvalue weighted by Gasteiger charge is -2.11. The number of nitrogens with one attached hydrogen (secondary N) is 1. The normalized spacial score (nSPS) is 10.6. The molecule has 0 unspecified atom stereocenters. The molecule has 0 spiro atoms. The van der Waals surface area contributed by atoms with Gasteiger partial charge in [0.2, 0.25) is 5.78 Å². The average Bonchev–Trinajstić information content (AvgIpc) is 3.04. The Morgan fingerprint density at radius 3 is 2.37 bits per heavy atom. The molecule has 0 bridgehead atoms. The SMILES string of the molecule is CCOCc1cc(C(=O)OCC(=O)c2[nH]c(C)c(C(=O)OCC)c2C)ccc1OC. The summed E-state index contributed by atoms with van der Waals surface area (Å²) in [6.07, 6.45) is 0. The fourth-order valence-electron chi connectivity index (χ4n) is 3.06. The van der Waals surface area contributed by atoms with Gasteiger partial charge in [0.25, 0.3) is 0 Å². The molecule has 0 saturated heterocycles. The van der Waals surface area contributed by atoms with Crippen LogP contribution in [-0.2, 0) is 20.8 Å². The first kappa shape index (κ1) is 23.2. The number of hydrogen-bond acceptors (Lipinski definition) is 7. The molecule has 2 aromatic rings. The van der Waals surface area contributed by atoms with Crippen LogP contribution < -0.4 is 4.74 Å². The van der Waals surface area contributed by atoms with Crippen molar-refractivity contribution in [1.82, 2.24) is 4.98 Å². The summed E-state index contributed by atoms with van der Waals surface area (Å²) in [5.41, 5.74) is 2.52. The van der Waals surface area contributed by atoms with Crippen molar-refractivity contribution < 1.29 is 33.3 Å². The second-order valence-electron chi connectivity index (χ2n) is 6.51. The maximum Gasteiger partial charge on any atom is 0.340 e. The van der Waals surface area contributed by atoms with E-state index in [2.05, 4.69) is 4.98 Å². The first-order valence-corrected chi connectivity index (χ1v) is 9.65. The van der Waals surface area contributed by atoms with Crippen LogP contribution in [0.5, 0.6) is 5.75 Å². The lowest BCUT2D eigenvalue weighted by Crippen LogP contribution is -2.16. The largest absolute Gasteiger partial charge is 0.496 e. The number of ketones is 1. The highest BCUT2D eigenvalue weighted by Crippen LogP contribution is 2.22. The number of rotatable bonds is 10. The molecule has 0 aliphatic heterocycles. The van der Waals surface area contributed by atoms with E-state index in [1.54, 1.807) is 39.0 Å². The lowest BCUT2D eigenvalue weighted by molar-refractivity contribution is 0.0471. The fourth-order valence-corrected chi connectivity index (χ4v) is 3.06. The van der Waals surface area contributed by atoms with Crippen molar-refractivity contribution in [2.45, 2.75) is 34.3 Å². The third kappa shape index (κ3) is 5.27. The van der Waals surface area contributed by atoms with Crippen LogP contribution in [0, 0.1) is 13.8 Å². The van der Waals surface area contributed by atoms with Crippen LogP contribution in [0.15, 0.2) is 18.2 Å². The summed E-state index contributed by atoms with van der Waals surface area (Å²) in [5, 5.41) is 0. The number of aryl methyl sites for hydroxylation is 1. The average molecular weight is 417 g/mol. The van der Waals surface area contributed by atoms with Crippen LogP contribution in [0.2, 0.25) is 0 Å². The summed E-state index contributed by atoms with van der Waals surface area (Å²) in [6.45, 7) is 7.49. The lowest BCUT2D eigenvalue weighted by atomic mass is 10.1. The molecule has 0 fully saturated rings. The number of benzene rings is 1. The zero-order valence-corrected chi connectivity index (χ0v) is 17.9. The second kappa shape index (κ2) is 10.6. The van der Waals surface area contributed by atoms with Gasteiger partial charge in [-0.2, -0.15) is 0 Å². The number of carbonyl (C=O) groups is 3. The monoisotopic (exact) mass is 417 g/mol. The third-order valence-corrected chi connectivity index (χ3v) is 4.51. The van der Waals surface area contributed by atoms with Crippen molar-refractivity contribution in [1.29, 1.82) is 0 Å². The Hall–Kier alpha value is -3.13. The first-order valence-electron chi connectivity index (χ1n) is 9.65. The van der Waals surface area contributed by atoms with Crippen molar-refractivity contribution in [3.63, 3.8) is 0 Å². The molecule has 30 heavy (non-hydrogen) atoms. The van der Waals surface area contributed by atoms with Gasteiger partial charge in [0.1, 0.15) is 5.75 Å². The van der Waals surface area contributed by atoms with Gasteiger partial charge in [-0.1, -0.05) is 0 Å². The molecule has 0 saturated carbocycles. The van der Waals surface area contributed by atoms with Crippen LogP contribution in [0.1, 0.15) is 61.9 Å². The smallest absolute Gasteiger partial charge is 0.340 e. The second-order valence-corrected chi connectivity index (χ2v) is 6.51. The highest BCUT2D eigenvalue weighted by molar-refractivity contribution is 6.03.